The fourth-order valence-corrected chi connectivity index (χ4v) is 2.79. The Hall–Kier alpha value is -3.43. The van der Waals surface area contributed by atoms with Crippen LogP contribution >= 0.6 is 23.8 Å². The Balaban J connectivity index is 1.73. The molecular formula is C21H20ClN5O3S. The van der Waals surface area contributed by atoms with Crippen molar-refractivity contribution in [1.29, 1.82) is 0 Å². The summed E-state index contributed by atoms with van der Waals surface area (Å²) in [5.41, 5.74) is 5.24. The Morgan fingerprint density at radius 3 is 2.39 bits per heavy atom. The van der Waals surface area contributed by atoms with Crippen LogP contribution in [-0.2, 0) is 0 Å². The van der Waals surface area contributed by atoms with Crippen LogP contribution in [0.2, 0.25) is 5.02 Å². The molecule has 0 aliphatic rings. The lowest BCUT2D eigenvalue weighted by molar-refractivity contribution is 0.348. The van der Waals surface area contributed by atoms with Gasteiger partial charge in [0.2, 0.25) is 11.8 Å². The number of hydrogen-bond donors (Lipinski definition) is 2. The monoisotopic (exact) mass is 457 g/mol. The summed E-state index contributed by atoms with van der Waals surface area (Å²) in [6, 6.07) is 14.4. The third kappa shape index (κ3) is 6.27. The van der Waals surface area contributed by atoms with Gasteiger partial charge in [-0.25, -0.2) is 0 Å². The van der Waals surface area contributed by atoms with Crippen molar-refractivity contribution >= 4 is 40.8 Å². The van der Waals surface area contributed by atoms with E-state index in [2.05, 4.69) is 25.8 Å². The molecule has 0 bridgehead atoms. The normalized spacial score (nSPS) is 10.6. The highest BCUT2D eigenvalue weighted by atomic mass is 35.5. The Labute approximate surface area is 190 Å². The predicted octanol–water partition coefficient (Wildman–Crippen LogP) is 4.57. The molecule has 2 N–H and O–H groups in total. The molecule has 0 spiro atoms. The first-order valence-corrected chi connectivity index (χ1v) is 9.87. The van der Waals surface area contributed by atoms with Crippen molar-refractivity contribution in [3.8, 4) is 23.5 Å². The molecule has 3 rings (SSSR count). The minimum absolute atomic E-state index is 0.0873. The van der Waals surface area contributed by atoms with Crippen molar-refractivity contribution < 1.29 is 14.2 Å². The lowest BCUT2D eigenvalue weighted by Gasteiger charge is -2.11. The van der Waals surface area contributed by atoms with Crippen LogP contribution in [0.5, 0.6) is 23.5 Å². The average Bonchev–Trinajstić information content (AvgIpc) is 2.77. The largest absolute Gasteiger partial charge is 0.481 e. The summed E-state index contributed by atoms with van der Waals surface area (Å²) < 4.78 is 16.2. The SMILES string of the molecule is COc1cc(OC)nc(Oc2cccc(C)c2C=NNC(=S)Nc2ccc(Cl)cc2)n1. The summed E-state index contributed by atoms with van der Waals surface area (Å²) in [6.07, 6.45) is 1.61. The molecule has 10 heteroatoms. The van der Waals surface area contributed by atoms with Gasteiger partial charge >= 0.3 is 6.01 Å². The number of methoxy groups -OCH3 is 2. The van der Waals surface area contributed by atoms with Gasteiger partial charge in [-0.05, 0) is 55.0 Å². The number of aryl methyl sites for hydroxylation is 1. The van der Waals surface area contributed by atoms with Crippen molar-refractivity contribution in [3.63, 3.8) is 0 Å². The smallest absolute Gasteiger partial charge is 0.328 e. The summed E-state index contributed by atoms with van der Waals surface area (Å²) in [5, 5.41) is 8.20. The predicted molar refractivity (Wildman–Crippen MR) is 125 cm³/mol. The summed E-state index contributed by atoms with van der Waals surface area (Å²) in [7, 11) is 3.01. The first kappa shape index (κ1) is 22.3. The van der Waals surface area contributed by atoms with E-state index in [1.54, 1.807) is 30.5 Å². The fraction of sp³-hybridized carbons (Fsp3) is 0.143. The van der Waals surface area contributed by atoms with Gasteiger partial charge in [0.15, 0.2) is 5.11 Å². The summed E-state index contributed by atoms with van der Waals surface area (Å²) in [4.78, 5) is 8.38. The van der Waals surface area contributed by atoms with Gasteiger partial charge < -0.3 is 19.5 Å². The topological polar surface area (TPSA) is 89.9 Å². The van der Waals surface area contributed by atoms with Crippen LogP contribution in [0.25, 0.3) is 0 Å². The van der Waals surface area contributed by atoms with Gasteiger partial charge in [0, 0.05) is 16.3 Å². The quantitative estimate of drug-likeness (QED) is 0.303. The third-order valence-corrected chi connectivity index (χ3v) is 4.47. The number of nitrogens with one attached hydrogen (secondary N) is 2. The van der Waals surface area contributed by atoms with Gasteiger partial charge in [0.1, 0.15) is 5.75 Å². The van der Waals surface area contributed by atoms with Gasteiger partial charge in [-0.15, -0.1) is 0 Å². The zero-order valence-corrected chi connectivity index (χ0v) is 18.6. The summed E-state index contributed by atoms with van der Waals surface area (Å²) >= 11 is 11.1. The number of thiocarbonyl (C=S) groups is 1. The van der Waals surface area contributed by atoms with E-state index in [4.69, 9.17) is 38.0 Å². The minimum Gasteiger partial charge on any atom is -0.481 e. The van der Waals surface area contributed by atoms with Gasteiger partial charge in [-0.1, -0.05) is 23.7 Å². The van der Waals surface area contributed by atoms with Crippen LogP contribution in [0.1, 0.15) is 11.1 Å². The maximum absolute atomic E-state index is 5.89. The molecule has 0 aliphatic carbocycles. The van der Waals surface area contributed by atoms with Crippen molar-refractivity contribution in [2.75, 3.05) is 19.5 Å². The van der Waals surface area contributed by atoms with E-state index in [0.717, 1.165) is 16.8 Å². The molecule has 1 heterocycles. The van der Waals surface area contributed by atoms with E-state index in [9.17, 15) is 0 Å². The zero-order chi connectivity index (χ0) is 22.2. The van der Waals surface area contributed by atoms with E-state index in [0.29, 0.717) is 27.6 Å². The van der Waals surface area contributed by atoms with E-state index in [1.807, 2.05) is 31.2 Å². The second kappa shape index (κ2) is 10.6. The molecule has 0 fully saturated rings. The highest BCUT2D eigenvalue weighted by Gasteiger charge is 2.11. The van der Waals surface area contributed by atoms with Crippen molar-refractivity contribution in [2.45, 2.75) is 6.92 Å². The number of benzene rings is 2. The number of halogens is 1. The first-order valence-electron chi connectivity index (χ1n) is 9.08. The molecule has 3 aromatic rings. The maximum atomic E-state index is 5.89. The molecule has 0 amide bonds. The van der Waals surface area contributed by atoms with E-state index in [-0.39, 0.29) is 6.01 Å². The standard InChI is InChI=1S/C21H20ClN5O3S/c1-13-5-4-6-17(30-20-25-18(28-2)11-19(26-20)29-3)16(13)12-23-27-21(31)24-15-9-7-14(22)8-10-15/h4-12H,1-3H3,(H2,24,27,31). The molecule has 2 aromatic carbocycles. The number of hydrazone groups is 1. The molecule has 0 aliphatic heterocycles. The summed E-state index contributed by atoms with van der Waals surface area (Å²) in [6.45, 7) is 1.94. The van der Waals surface area contributed by atoms with Crippen LogP contribution in [-0.4, -0.2) is 35.5 Å². The molecular weight excluding hydrogens is 438 g/mol. The van der Waals surface area contributed by atoms with Crippen LogP contribution in [0, 0.1) is 6.92 Å². The number of aromatic nitrogens is 2. The fourth-order valence-electron chi connectivity index (χ4n) is 2.49. The van der Waals surface area contributed by atoms with Crippen LogP contribution in [0.3, 0.4) is 0 Å². The highest BCUT2D eigenvalue weighted by molar-refractivity contribution is 7.80. The molecule has 0 atom stereocenters. The Kier molecular flexibility index (Phi) is 7.58. The Morgan fingerprint density at radius 1 is 1.06 bits per heavy atom. The van der Waals surface area contributed by atoms with E-state index < -0.39 is 0 Å². The van der Waals surface area contributed by atoms with E-state index in [1.165, 1.54) is 14.2 Å². The van der Waals surface area contributed by atoms with Crippen LogP contribution < -0.4 is 25.0 Å². The summed E-state index contributed by atoms with van der Waals surface area (Å²) in [5.74, 6) is 1.16. The Bertz CT molecular complexity index is 1070. The number of hydrogen-bond acceptors (Lipinski definition) is 7. The second-order valence-corrected chi connectivity index (χ2v) is 7.00. The highest BCUT2D eigenvalue weighted by Crippen LogP contribution is 2.27. The molecule has 0 unspecified atom stereocenters. The number of nitrogens with zero attached hydrogens (tertiary/aromatic N) is 3. The Morgan fingerprint density at radius 2 is 1.74 bits per heavy atom. The lowest BCUT2D eigenvalue weighted by atomic mass is 10.1. The van der Waals surface area contributed by atoms with Crippen molar-refractivity contribution in [2.24, 2.45) is 5.10 Å². The van der Waals surface area contributed by atoms with Gasteiger partial charge in [-0.2, -0.15) is 15.1 Å². The molecule has 160 valence electrons. The lowest BCUT2D eigenvalue weighted by Crippen LogP contribution is -2.23. The van der Waals surface area contributed by atoms with Gasteiger partial charge in [0.05, 0.1) is 26.5 Å². The van der Waals surface area contributed by atoms with Gasteiger partial charge in [-0.3, -0.25) is 5.43 Å². The molecule has 0 saturated carbocycles. The van der Waals surface area contributed by atoms with Crippen molar-refractivity contribution in [1.82, 2.24) is 15.4 Å². The molecule has 8 nitrogen and oxygen atoms in total. The van der Waals surface area contributed by atoms with Crippen LogP contribution in [0.15, 0.2) is 53.6 Å². The minimum atomic E-state index is 0.0873. The number of rotatable bonds is 7. The first-order chi connectivity index (χ1) is 15.0. The molecule has 1 aromatic heterocycles. The molecule has 31 heavy (non-hydrogen) atoms. The molecule has 0 radical (unpaired) electrons. The third-order valence-electron chi connectivity index (χ3n) is 4.02. The zero-order valence-electron chi connectivity index (χ0n) is 17.0. The second-order valence-electron chi connectivity index (χ2n) is 6.16. The number of anilines is 1. The van der Waals surface area contributed by atoms with Crippen molar-refractivity contribution in [3.05, 3.63) is 64.7 Å². The van der Waals surface area contributed by atoms with E-state index >= 15 is 0 Å². The maximum Gasteiger partial charge on any atom is 0.328 e. The van der Waals surface area contributed by atoms with Crippen LogP contribution in [0.4, 0.5) is 5.69 Å². The average molecular weight is 458 g/mol. The van der Waals surface area contributed by atoms with Gasteiger partial charge in [0.25, 0.3) is 0 Å². The molecule has 0 saturated heterocycles. The number of ether oxygens (including phenoxy) is 3.